The van der Waals surface area contributed by atoms with E-state index in [1.165, 1.54) is 0 Å². The van der Waals surface area contributed by atoms with Gasteiger partial charge in [0.2, 0.25) is 5.91 Å². The van der Waals surface area contributed by atoms with E-state index in [-0.39, 0.29) is 12.0 Å². The zero-order chi connectivity index (χ0) is 15.3. The maximum absolute atomic E-state index is 12.1. The van der Waals surface area contributed by atoms with Crippen LogP contribution in [0.25, 0.3) is 0 Å². The molecule has 1 aliphatic carbocycles. The number of hydrogen-bond donors (Lipinski definition) is 2. The van der Waals surface area contributed by atoms with E-state index >= 15 is 0 Å². The molecule has 1 saturated heterocycles. The summed E-state index contributed by atoms with van der Waals surface area (Å²) in [7, 11) is 0. The van der Waals surface area contributed by atoms with Gasteiger partial charge in [-0.1, -0.05) is 26.7 Å². The second kappa shape index (κ2) is 7.56. The first kappa shape index (κ1) is 16.7. The van der Waals surface area contributed by atoms with E-state index in [9.17, 15) is 4.79 Å². The van der Waals surface area contributed by atoms with E-state index in [4.69, 9.17) is 10.5 Å². The summed E-state index contributed by atoms with van der Waals surface area (Å²) >= 11 is 0. The van der Waals surface area contributed by atoms with E-state index in [0.29, 0.717) is 12.5 Å². The van der Waals surface area contributed by atoms with Crippen molar-refractivity contribution in [2.45, 2.75) is 57.6 Å². The van der Waals surface area contributed by atoms with E-state index in [1.54, 1.807) is 0 Å². The minimum atomic E-state index is -0.614. The molecule has 1 heterocycles. The first-order valence-electron chi connectivity index (χ1n) is 8.41. The molecule has 0 bridgehead atoms. The molecule has 1 amide bonds. The quantitative estimate of drug-likeness (QED) is 0.771. The Bertz CT molecular complexity index is 340. The molecule has 0 aromatic heterocycles. The van der Waals surface area contributed by atoms with Gasteiger partial charge in [-0.15, -0.1) is 0 Å². The SMILES string of the molecule is CC(C)CN1CCO[C@H](CCNC(=O)C2(N)CCCC2)C1. The topological polar surface area (TPSA) is 67.6 Å². The van der Waals surface area contributed by atoms with Gasteiger partial charge in [-0.3, -0.25) is 9.69 Å². The molecule has 5 nitrogen and oxygen atoms in total. The highest BCUT2D eigenvalue weighted by atomic mass is 16.5. The van der Waals surface area contributed by atoms with Crippen LogP contribution in [0.1, 0.15) is 46.0 Å². The molecule has 5 heteroatoms. The molecule has 21 heavy (non-hydrogen) atoms. The Balaban J connectivity index is 1.67. The molecule has 2 rings (SSSR count). The van der Waals surface area contributed by atoms with Crippen molar-refractivity contribution in [3.05, 3.63) is 0 Å². The van der Waals surface area contributed by atoms with Gasteiger partial charge >= 0.3 is 0 Å². The van der Waals surface area contributed by atoms with Crippen LogP contribution in [0.2, 0.25) is 0 Å². The lowest BCUT2D eigenvalue weighted by Gasteiger charge is -2.34. The summed E-state index contributed by atoms with van der Waals surface area (Å²) < 4.78 is 5.80. The van der Waals surface area contributed by atoms with Crippen molar-refractivity contribution in [2.75, 3.05) is 32.8 Å². The fourth-order valence-electron chi connectivity index (χ4n) is 3.39. The molecule has 0 aromatic carbocycles. The number of amides is 1. The number of nitrogens with two attached hydrogens (primary N) is 1. The Morgan fingerprint density at radius 1 is 1.43 bits per heavy atom. The van der Waals surface area contributed by atoms with Crippen molar-refractivity contribution >= 4 is 5.91 Å². The fourth-order valence-corrected chi connectivity index (χ4v) is 3.39. The Hall–Kier alpha value is -0.650. The normalized spacial score (nSPS) is 26.2. The molecule has 1 atom stereocenters. The Morgan fingerprint density at radius 2 is 2.14 bits per heavy atom. The molecule has 0 unspecified atom stereocenters. The first-order chi connectivity index (χ1) is 9.99. The first-order valence-corrected chi connectivity index (χ1v) is 8.41. The number of nitrogens with one attached hydrogen (secondary N) is 1. The molecular weight excluding hydrogens is 266 g/mol. The van der Waals surface area contributed by atoms with Gasteiger partial charge in [0.25, 0.3) is 0 Å². The molecule has 1 aliphatic heterocycles. The molecule has 0 radical (unpaired) electrons. The average Bonchev–Trinajstić information content (AvgIpc) is 2.86. The lowest BCUT2D eigenvalue weighted by molar-refractivity contribution is -0.126. The number of hydrogen-bond acceptors (Lipinski definition) is 4. The lowest BCUT2D eigenvalue weighted by atomic mass is 9.98. The second-order valence-electron chi connectivity index (χ2n) is 7.05. The van der Waals surface area contributed by atoms with E-state index in [0.717, 1.165) is 58.3 Å². The molecular formula is C16H31N3O2. The molecule has 1 saturated carbocycles. The van der Waals surface area contributed by atoms with Gasteiger partial charge in [0.05, 0.1) is 18.2 Å². The molecule has 0 spiro atoms. The van der Waals surface area contributed by atoms with Gasteiger partial charge in [-0.2, -0.15) is 0 Å². The van der Waals surface area contributed by atoms with Crippen LogP contribution in [-0.2, 0) is 9.53 Å². The minimum Gasteiger partial charge on any atom is -0.375 e. The fraction of sp³-hybridized carbons (Fsp3) is 0.938. The third-order valence-electron chi connectivity index (χ3n) is 4.55. The standard InChI is InChI=1S/C16H31N3O2/c1-13(2)11-19-9-10-21-14(12-19)5-8-18-15(20)16(17)6-3-4-7-16/h13-14H,3-12,17H2,1-2H3,(H,18,20)/t14-/m1/s1. The highest BCUT2D eigenvalue weighted by molar-refractivity contribution is 5.86. The zero-order valence-corrected chi connectivity index (χ0v) is 13.6. The molecule has 0 aromatic rings. The maximum atomic E-state index is 12.1. The maximum Gasteiger partial charge on any atom is 0.240 e. The van der Waals surface area contributed by atoms with Crippen molar-refractivity contribution in [1.82, 2.24) is 10.2 Å². The number of rotatable bonds is 6. The van der Waals surface area contributed by atoms with Crippen LogP contribution in [-0.4, -0.2) is 55.2 Å². The van der Waals surface area contributed by atoms with Gasteiger partial charge in [-0.25, -0.2) is 0 Å². The highest BCUT2D eigenvalue weighted by Crippen LogP contribution is 2.27. The molecule has 2 aliphatic rings. The van der Waals surface area contributed by atoms with E-state index < -0.39 is 5.54 Å². The van der Waals surface area contributed by atoms with Crippen molar-refractivity contribution < 1.29 is 9.53 Å². The van der Waals surface area contributed by atoms with Crippen molar-refractivity contribution in [3.8, 4) is 0 Å². The van der Waals surface area contributed by atoms with Crippen LogP contribution >= 0.6 is 0 Å². The van der Waals surface area contributed by atoms with E-state index in [2.05, 4.69) is 24.1 Å². The summed E-state index contributed by atoms with van der Waals surface area (Å²) in [6.07, 6.45) is 4.88. The van der Waals surface area contributed by atoms with Gasteiger partial charge < -0.3 is 15.8 Å². The highest BCUT2D eigenvalue weighted by Gasteiger charge is 2.36. The van der Waals surface area contributed by atoms with Crippen molar-refractivity contribution in [2.24, 2.45) is 11.7 Å². The van der Waals surface area contributed by atoms with Crippen LogP contribution in [0, 0.1) is 5.92 Å². The average molecular weight is 297 g/mol. The van der Waals surface area contributed by atoms with Crippen LogP contribution in [0.3, 0.4) is 0 Å². The number of carbonyl (C=O) groups is 1. The van der Waals surface area contributed by atoms with Crippen molar-refractivity contribution in [1.29, 1.82) is 0 Å². The molecule has 122 valence electrons. The third kappa shape index (κ3) is 4.94. The molecule has 3 N–H and O–H groups in total. The summed E-state index contributed by atoms with van der Waals surface area (Å²) in [5, 5.41) is 3.01. The second-order valence-corrected chi connectivity index (χ2v) is 7.05. The third-order valence-corrected chi connectivity index (χ3v) is 4.55. The number of morpholine rings is 1. The summed E-state index contributed by atoms with van der Waals surface area (Å²) in [6, 6.07) is 0. The van der Waals surface area contributed by atoms with Crippen LogP contribution < -0.4 is 11.1 Å². The predicted octanol–water partition coefficient (Wildman–Crippen LogP) is 1.12. The minimum absolute atomic E-state index is 0.0230. The van der Waals surface area contributed by atoms with Gasteiger partial charge in [0.1, 0.15) is 0 Å². The summed E-state index contributed by atoms with van der Waals surface area (Å²) in [5.41, 5.74) is 5.53. The van der Waals surface area contributed by atoms with E-state index in [1.807, 2.05) is 0 Å². The smallest absolute Gasteiger partial charge is 0.240 e. The summed E-state index contributed by atoms with van der Waals surface area (Å²) in [6.45, 7) is 9.07. The van der Waals surface area contributed by atoms with Crippen LogP contribution in [0.15, 0.2) is 0 Å². The molecule has 2 fully saturated rings. The number of carbonyl (C=O) groups excluding carboxylic acids is 1. The van der Waals surface area contributed by atoms with Gasteiger partial charge in [0, 0.05) is 26.2 Å². The predicted molar refractivity (Wildman–Crippen MR) is 84.0 cm³/mol. The zero-order valence-electron chi connectivity index (χ0n) is 13.6. The van der Waals surface area contributed by atoms with Gasteiger partial charge in [-0.05, 0) is 25.2 Å². The van der Waals surface area contributed by atoms with Crippen molar-refractivity contribution in [3.63, 3.8) is 0 Å². The monoisotopic (exact) mass is 297 g/mol. The Labute approximate surface area is 128 Å². The Kier molecular flexibility index (Phi) is 6.02. The number of ether oxygens (including phenoxy) is 1. The van der Waals surface area contributed by atoms with Crippen LogP contribution in [0.4, 0.5) is 0 Å². The lowest BCUT2D eigenvalue weighted by Crippen LogP contribution is -2.52. The summed E-state index contributed by atoms with van der Waals surface area (Å²) in [5.74, 6) is 0.706. The largest absolute Gasteiger partial charge is 0.375 e. The van der Waals surface area contributed by atoms with Gasteiger partial charge in [0.15, 0.2) is 0 Å². The van der Waals surface area contributed by atoms with Crippen LogP contribution in [0.5, 0.6) is 0 Å². The number of nitrogens with zero attached hydrogens (tertiary/aromatic N) is 1. The summed E-state index contributed by atoms with van der Waals surface area (Å²) in [4.78, 5) is 14.6. The Morgan fingerprint density at radius 3 is 2.81 bits per heavy atom.